The minimum Gasteiger partial charge on any atom is -0.366 e. The van der Waals surface area contributed by atoms with Gasteiger partial charge in [0.15, 0.2) is 0 Å². The molecule has 1 heterocycles. The van der Waals surface area contributed by atoms with Gasteiger partial charge in [-0.15, -0.1) is 11.8 Å². The first-order valence-corrected chi connectivity index (χ1v) is 7.47. The molecule has 3 nitrogen and oxygen atoms in total. The van der Waals surface area contributed by atoms with Crippen LogP contribution in [-0.4, -0.2) is 16.1 Å². The molecule has 22 heavy (non-hydrogen) atoms. The number of carbonyl (C=O) groups excluding carboxylic acids is 1. The molecule has 0 aliphatic carbocycles. The van der Waals surface area contributed by atoms with Crippen LogP contribution >= 0.6 is 11.8 Å². The highest BCUT2D eigenvalue weighted by Gasteiger charge is 2.31. The number of benzene rings is 1. The fourth-order valence-electron chi connectivity index (χ4n) is 2.18. The summed E-state index contributed by atoms with van der Waals surface area (Å²) in [6, 6.07) is 3.31. The van der Waals surface area contributed by atoms with Crippen molar-refractivity contribution in [2.24, 2.45) is 5.73 Å². The number of amides is 1. The van der Waals surface area contributed by atoms with Gasteiger partial charge in [0.1, 0.15) is 5.03 Å². The lowest BCUT2D eigenvalue weighted by molar-refractivity contribution is -0.137. The quantitative estimate of drug-likeness (QED) is 0.861. The second-order valence-corrected chi connectivity index (χ2v) is 6.74. The number of hydrogen-bond donors (Lipinski definition) is 1. The maximum absolute atomic E-state index is 12.8. The molecule has 0 spiro atoms. The standard InChI is InChI=1S/C15H15F3N2OS/c1-7(2)22-14-12(13(19)21)8(3)10-5-4-9(15(16,17)18)6-11(10)20-14/h4-7H,1-3H3,(H2,19,21). The van der Waals surface area contributed by atoms with Gasteiger partial charge in [-0.2, -0.15) is 13.2 Å². The Kier molecular flexibility index (Phi) is 4.37. The van der Waals surface area contributed by atoms with E-state index in [0.717, 1.165) is 12.1 Å². The molecule has 0 aliphatic heterocycles. The van der Waals surface area contributed by atoms with E-state index < -0.39 is 17.6 Å². The van der Waals surface area contributed by atoms with Gasteiger partial charge in [0.05, 0.1) is 16.6 Å². The molecule has 1 aromatic carbocycles. The van der Waals surface area contributed by atoms with Crippen LogP contribution < -0.4 is 5.73 Å². The van der Waals surface area contributed by atoms with Crippen molar-refractivity contribution < 1.29 is 18.0 Å². The Hall–Kier alpha value is -1.76. The zero-order valence-corrected chi connectivity index (χ0v) is 13.1. The van der Waals surface area contributed by atoms with E-state index in [1.807, 2.05) is 13.8 Å². The molecule has 0 radical (unpaired) electrons. The molecule has 0 aliphatic rings. The third-order valence-electron chi connectivity index (χ3n) is 3.13. The van der Waals surface area contributed by atoms with Crippen LogP contribution in [0, 0.1) is 6.92 Å². The van der Waals surface area contributed by atoms with Crippen molar-refractivity contribution in [3.05, 3.63) is 34.9 Å². The van der Waals surface area contributed by atoms with E-state index in [-0.39, 0.29) is 16.3 Å². The number of nitrogens with zero attached hydrogens (tertiary/aromatic N) is 1. The van der Waals surface area contributed by atoms with Gasteiger partial charge in [0.2, 0.25) is 0 Å². The Balaban J connectivity index is 2.76. The second kappa shape index (κ2) is 5.79. The summed E-state index contributed by atoms with van der Waals surface area (Å²) in [5, 5.41) is 0.981. The first-order chi connectivity index (χ1) is 10.1. The molecule has 2 N–H and O–H groups in total. The first-order valence-electron chi connectivity index (χ1n) is 6.59. The normalized spacial score (nSPS) is 12.1. The van der Waals surface area contributed by atoms with E-state index in [2.05, 4.69) is 4.98 Å². The third kappa shape index (κ3) is 3.19. The molecule has 1 aromatic heterocycles. The number of aryl methyl sites for hydroxylation is 1. The Bertz CT molecular complexity index is 742. The molecule has 1 amide bonds. The van der Waals surface area contributed by atoms with E-state index in [0.29, 0.717) is 16.0 Å². The van der Waals surface area contributed by atoms with Crippen LogP contribution in [0.5, 0.6) is 0 Å². The topological polar surface area (TPSA) is 56.0 Å². The van der Waals surface area contributed by atoms with E-state index in [9.17, 15) is 18.0 Å². The molecular weight excluding hydrogens is 313 g/mol. The summed E-state index contributed by atoms with van der Waals surface area (Å²) in [4.78, 5) is 15.9. The number of fused-ring (bicyclic) bond motifs is 1. The van der Waals surface area contributed by atoms with E-state index in [4.69, 9.17) is 5.73 Å². The lowest BCUT2D eigenvalue weighted by Gasteiger charge is -2.15. The van der Waals surface area contributed by atoms with Gasteiger partial charge in [-0.25, -0.2) is 4.98 Å². The van der Waals surface area contributed by atoms with Crippen LogP contribution in [0.2, 0.25) is 0 Å². The summed E-state index contributed by atoms with van der Waals surface area (Å²) < 4.78 is 38.5. The van der Waals surface area contributed by atoms with E-state index in [1.165, 1.54) is 17.8 Å². The first kappa shape index (κ1) is 16.6. The molecule has 7 heteroatoms. The molecule has 0 unspecified atom stereocenters. The number of thioether (sulfide) groups is 1. The average Bonchev–Trinajstić information content (AvgIpc) is 2.35. The summed E-state index contributed by atoms with van der Waals surface area (Å²) in [6.07, 6.45) is -4.43. The van der Waals surface area contributed by atoms with Crippen LogP contribution in [0.25, 0.3) is 10.9 Å². The van der Waals surface area contributed by atoms with E-state index >= 15 is 0 Å². The minimum atomic E-state index is -4.43. The molecule has 0 saturated heterocycles. The largest absolute Gasteiger partial charge is 0.416 e. The SMILES string of the molecule is Cc1c(C(N)=O)c(SC(C)C)nc2cc(C(F)(F)F)ccc12. The predicted octanol–water partition coefficient (Wildman–Crippen LogP) is 4.16. The van der Waals surface area contributed by atoms with E-state index in [1.54, 1.807) is 6.92 Å². The maximum Gasteiger partial charge on any atom is 0.416 e. The number of nitrogens with two attached hydrogens (primary N) is 1. The maximum atomic E-state index is 12.8. The van der Waals surface area contributed by atoms with Crippen molar-refractivity contribution in [3.63, 3.8) is 0 Å². The number of pyridine rings is 1. The number of hydrogen-bond acceptors (Lipinski definition) is 3. The lowest BCUT2D eigenvalue weighted by atomic mass is 10.0. The Morgan fingerprint density at radius 3 is 2.45 bits per heavy atom. The molecule has 2 aromatic rings. The van der Waals surface area contributed by atoms with Crippen molar-refractivity contribution in [2.45, 2.75) is 37.2 Å². The average molecular weight is 328 g/mol. The Morgan fingerprint density at radius 2 is 1.95 bits per heavy atom. The highest BCUT2D eigenvalue weighted by molar-refractivity contribution is 7.99. The monoisotopic (exact) mass is 328 g/mol. The summed E-state index contributed by atoms with van der Waals surface area (Å²) in [5.41, 5.74) is 5.67. The molecule has 0 bridgehead atoms. The summed E-state index contributed by atoms with van der Waals surface area (Å²) in [6.45, 7) is 5.48. The van der Waals surface area contributed by atoms with Gasteiger partial charge in [-0.05, 0) is 24.6 Å². The van der Waals surface area contributed by atoms with Crippen molar-refractivity contribution in [1.29, 1.82) is 0 Å². The van der Waals surface area contributed by atoms with Crippen molar-refractivity contribution in [2.75, 3.05) is 0 Å². The molecule has 0 saturated carbocycles. The zero-order valence-electron chi connectivity index (χ0n) is 12.3. The number of aromatic nitrogens is 1. The number of halogens is 3. The number of alkyl halides is 3. The summed E-state index contributed by atoms with van der Waals surface area (Å²) in [7, 11) is 0. The Labute approximate surface area is 130 Å². The zero-order chi connectivity index (χ0) is 16.7. The predicted molar refractivity (Wildman–Crippen MR) is 81.0 cm³/mol. The highest BCUT2D eigenvalue weighted by atomic mass is 32.2. The van der Waals surface area contributed by atoms with Gasteiger partial charge in [0, 0.05) is 10.6 Å². The Morgan fingerprint density at radius 1 is 1.32 bits per heavy atom. The van der Waals surface area contributed by atoms with Crippen molar-refractivity contribution in [1.82, 2.24) is 4.98 Å². The minimum absolute atomic E-state index is 0.119. The fraction of sp³-hybridized carbons (Fsp3) is 0.333. The smallest absolute Gasteiger partial charge is 0.366 e. The summed E-state index contributed by atoms with van der Waals surface area (Å²) >= 11 is 1.30. The van der Waals surface area contributed by atoms with Crippen molar-refractivity contribution in [3.8, 4) is 0 Å². The van der Waals surface area contributed by atoms with Gasteiger partial charge >= 0.3 is 6.18 Å². The molecule has 0 fully saturated rings. The molecule has 0 atom stereocenters. The summed E-state index contributed by atoms with van der Waals surface area (Å²) in [5.74, 6) is -0.630. The van der Waals surface area contributed by atoms with Crippen molar-refractivity contribution >= 4 is 28.6 Å². The van der Waals surface area contributed by atoms with Crippen LogP contribution in [-0.2, 0) is 6.18 Å². The third-order valence-corrected chi connectivity index (χ3v) is 4.12. The fourth-order valence-corrected chi connectivity index (χ4v) is 3.15. The van der Waals surface area contributed by atoms with Gasteiger partial charge in [-0.1, -0.05) is 19.9 Å². The number of rotatable bonds is 3. The van der Waals surface area contributed by atoms with Gasteiger partial charge < -0.3 is 5.73 Å². The second-order valence-electron chi connectivity index (χ2n) is 5.18. The van der Waals surface area contributed by atoms with Crippen LogP contribution in [0.1, 0.15) is 35.3 Å². The van der Waals surface area contributed by atoms with Crippen LogP contribution in [0.4, 0.5) is 13.2 Å². The molecule has 118 valence electrons. The number of carbonyl (C=O) groups is 1. The highest BCUT2D eigenvalue weighted by Crippen LogP contribution is 2.35. The number of primary amides is 1. The molecule has 2 rings (SSSR count). The lowest BCUT2D eigenvalue weighted by Crippen LogP contribution is -2.16. The van der Waals surface area contributed by atoms with Crippen LogP contribution in [0.3, 0.4) is 0 Å². The van der Waals surface area contributed by atoms with Gasteiger partial charge in [-0.3, -0.25) is 4.79 Å². The molecular formula is C15H15F3N2OS. The van der Waals surface area contributed by atoms with Gasteiger partial charge in [0.25, 0.3) is 5.91 Å². The van der Waals surface area contributed by atoms with Crippen LogP contribution in [0.15, 0.2) is 23.2 Å².